The number of sulfonamides is 1. The standard InChI is InChI=1S/C21H32N4O2S/c1-2-22-20(24-15-12-21(17-24)10-5-6-11-21)23-13-16-28(26,27)25-14-9-18-7-3-4-8-19(18)25/h3-4,7-8H,2,5-6,9-17H2,1H3,(H,22,23). The SMILES string of the molecule is CCNC(=NCCS(=O)(=O)N1CCc2ccccc21)N1CCC2(CCCC2)C1. The first-order valence-electron chi connectivity index (χ1n) is 10.6. The minimum absolute atomic E-state index is 0.0508. The van der Waals surface area contributed by atoms with Crippen LogP contribution in [0.1, 0.15) is 44.6 Å². The zero-order valence-electron chi connectivity index (χ0n) is 16.9. The molecular weight excluding hydrogens is 372 g/mol. The Kier molecular flexibility index (Phi) is 5.54. The summed E-state index contributed by atoms with van der Waals surface area (Å²) in [6, 6.07) is 7.78. The van der Waals surface area contributed by atoms with Crippen LogP contribution in [0.5, 0.6) is 0 Å². The van der Waals surface area contributed by atoms with E-state index >= 15 is 0 Å². The van der Waals surface area contributed by atoms with E-state index in [-0.39, 0.29) is 5.75 Å². The zero-order chi connectivity index (χ0) is 19.6. The smallest absolute Gasteiger partial charge is 0.237 e. The van der Waals surface area contributed by atoms with Gasteiger partial charge in [0.25, 0.3) is 0 Å². The van der Waals surface area contributed by atoms with Gasteiger partial charge in [0.2, 0.25) is 10.0 Å². The number of anilines is 1. The summed E-state index contributed by atoms with van der Waals surface area (Å²) >= 11 is 0. The van der Waals surface area contributed by atoms with Crippen LogP contribution in [0.2, 0.25) is 0 Å². The van der Waals surface area contributed by atoms with E-state index < -0.39 is 10.0 Å². The van der Waals surface area contributed by atoms with Gasteiger partial charge >= 0.3 is 0 Å². The Balaban J connectivity index is 1.40. The molecule has 1 aromatic carbocycles. The third-order valence-corrected chi connectivity index (χ3v) is 8.28. The summed E-state index contributed by atoms with van der Waals surface area (Å²) in [6.45, 7) is 5.79. The highest BCUT2D eigenvalue weighted by atomic mass is 32.2. The maximum Gasteiger partial charge on any atom is 0.237 e. The van der Waals surface area contributed by atoms with Gasteiger partial charge in [-0.3, -0.25) is 9.30 Å². The first-order valence-corrected chi connectivity index (χ1v) is 12.3. The second-order valence-corrected chi connectivity index (χ2v) is 10.4. The minimum atomic E-state index is -3.35. The van der Waals surface area contributed by atoms with Gasteiger partial charge in [0, 0.05) is 26.2 Å². The second kappa shape index (κ2) is 7.93. The summed E-state index contributed by atoms with van der Waals surface area (Å²) in [5, 5.41) is 3.37. The maximum atomic E-state index is 12.9. The van der Waals surface area contributed by atoms with Crippen molar-refractivity contribution in [3.05, 3.63) is 29.8 Å². The molecule has 28 heavy (non-hydrogen) atoms. The number of aliphatic imine (C=N–C) groups is 1. The molecule has 1 N–H and O–H groups in total. The Hall–Kier alpha value is -1.76. The highest BCUT2D eigenvalue weighted by Gasteiger charge is 2.41. The van der Waals surface area contributed by atoms with E-state index in [1.54, 1.807) is 4.31 Å². The van der Waals surface area contributed by atoms with Crippen molar-refractivity contribution in [3.8, 4) is 0 Å². The van der Waals surface area contributed by atoms with Gasteiger partial charge in [0.1, 0.15) is 0 Å². The monoisotopic (exact) mass is 404 g/mol. The number of fused-ring (bicyclic) bond motifs is 1. The van der Waals surface area contributed by atoms with Gasteiger partial charge in [-0.2, -0.15) is 0 Å². The molecule has 1 saturated heterocycles. The van der Waals surface area contributed by atoms with Gasteiger partial charge in [-0.1, -0.05) is 31.0 Å². The van der Waals surface area contributed by atoms with Crippen LogP contribution in [0.4, 0.5) is 5.69 Å². The molecule has 1 spiro atoms. The fourth-order valence-corrected chi connectivity index (χ4v) is 6.44. The van der Waals surface area contributed by atoms with Gasteiger partial charge in [0.15, 0.2) is 5.96 Å². The molecule has 0 radical (unpaired) electrons. The fraction of sp³-hybridized carbons (Fsp3) is 0.667. The van der Waals surface area contributed by atoms with Gasteiger partial charge in [0.05, 0.1) is 18.0 Å². The molecule has 3 aliphatic rings. The summed E-state index contributed by atoms with van der Waals surface area (Å²) in [4.78, 5) is 7.03. The van der Waals surface area contributed by atoms with Crippen molar-refractivity contribution < 1.29 is 8.42 Å². The van der Waals surface area contributed by atoms with E-state index in [9.17, 15) is 8.42 Å². The number of para-hydroxylation sites is 1. The molecule has 1 saturated carbocycles. The number of guanidine groups is 1. The van der Waals surface area contributed by atoms with E-state index in [4.69, 9.17) is 0 Å². The topological polar surface area (TPSA) is 65.0 Å². The lowest BCUT2D eigenvalue weighted by Crippen LogP contribution is -2.41. The maximum absolute atomic E-state index is 12.9. The van der Waals surface area contributed by atoms with Crippen LogP contribution in [0, 0.1) is 5.41 Å². The Morgan fingerprint density at radius 1 is 1.18 bits per heavy atom. The first kappa shape index (κ1) is 19.6. The molecule has 2 aliphatic heterocycles. The number of nitrogens with zero attached hydrogens (tertiary/aromatic N) is 3. The van der Waals surface area contributed by atoms with Crippen molar-refractivity contribution in [2.75, 3.05) is 42.8 Å². The second-order valence-electron chi connectivity index (χ2n) is 8.38. The minimum Gasteiger partial charge on any atom is -0.357 e. The van der Waals surface area contributed by atoms with Crippen LogP contribution in [0.15, 0.2) is 29.3 Å². The van der Waals surface area contributed by atoms with Crippen LogP contribution in [0.25, 0.3) is 0 Å². The summed E-state index contributed by atoms with van der Waals surface area (Å²) in [7, 11) is -3.35. The van der Waals surface area contributed by atoms with Crippen LogP contribution >= 0.6 is 0 Å². The average molecular weight is 405 g/mol. The van der Waals surface area contributed by atoms with E-state index in [0.717, 1.165) is 43.3 Å². The average Bonchev–Trinajstić information content (AvgIpc) is 3.42. The molecule has 0 bridgehead atoms. The number of likely N-dealkylation sites (tertiary alicyclic amines) is 1. The molecule has 154 valence electrons. The van der Waals surface area contributed by atoms with Crippen LogP contribution in [-0.2, 0) is 16.4 Å². The lowest BCUT2D eigenvalue weighted by atomic mass is 9.86. The Bertz CT molecular complexity index is 831. The molecule has 2 heterocycles. The molecule has 1 aliphatic carbocycles. The highest BCUT2D eigenvalue weighted by Crippen LogP contribution is 2.45. The number of nitrogens with one attached hydrogen (secondary N) is 1. The van der Waals surface area contributed by atoms with E-state index in [1.807, 2.05) is 24.3 Å². The molecule has 0 unspecified atom stereocenters. The molecule has 6 nitrogen and oxygen atoms in total. The summed E-state index contributed by atoms with van der Waals surface area (Å²) in [5.74, 6) is 0.929. The van der Waals surface area contributed by atoms with Crippen molar-refractivity contribution in [2.45, 2.75) is 45.4 Å². The third kappa shape index (κ3) is 3.86. The van der Waals surface area contributed by atoms with Crippen molar-refractivity contribution in [2.24, 2.45) is 10.4 Å². The number of rotatable bonds is 5. The molecule has 0 amide bonds. The lowest BCUT2D eigenvalue weighted by molar-refractivity contribution is 0.309. The molecule has 7 heteroatoms. The number of hydrogen-bond acceptors (Lipinski definition) is 3. The summed E-state index contributed by atoms with van der Waals surface area (Å²) in [6.07, 6.45) is 7.36. The van der Waals surface area contributed by atoms with E-state index in [0.29, 0.717) is 18.5 Å². The largest absolute Gasteiger partial charge is 0.357 e. The van der Waals surface area contributed by atoms with E-state index in [2.05, 4.69) is 22.1 Å². The van der Waals surface area contributed by atoms with Crippen molar-refractivity contribution in [1.82, 2.24) is 10.2 Å². The van der Waals surface area contributed by atoms with Crippen molar-refractivity contribution in [3.63, 3.8) is 0 Å². The molecular formula is C21H32N4O2S. The first-order chi connectivity index (χ1) is 13.5. The Morgan fingerprint density at radius 3 is 2.75 bits per heavy atom. The third-order valence-electron chi connectivity index (χ3n) is 6.53. The Labute approximate surface area is 169 Å². The van der Waals surface area contributed by atoms with Crippen molar-refractivity contribution in [1.29, 1.82) is 0 Å². The van der Waals surface area contributed by atoms with Crippen LogP contribution < -0.4 is 9.62 Å². The number of benzene rings is 1. The lowest BCUT2D eigenvalue weighted by Gasteiger charge is -2.26. The van der Waals surface area contributed by atoms with Crippen LogP contribution in [0.3, 0.4) is 0 Å². The van der Waals surface area contributed by atoms with Crippen LogP contribution in [-0.4, -0.2) is 57.8 Å². The summed E-state index contributed by atoms with van der Waals surface area (Å²) in [5.41, 5.74) is 2.42. The predicted octanol–water partition coefficient (Wildman–Crippen LogP) is 2.61. The van der Waals surface area contributed by atoms with Gasteiger partial charge < -0.3 is 10.2 Å². The Morgan fingerprint density at radius 2 is 1.96 bits per heavy atom. The van der Waals surface area contributed by atoms with Gasteiger partial charge in [-0.05, 0) is 49.7 Å². The normalized spacial score (nSPS) is 21.5. The van der Waals surface area contributed by atoms with Gasteiger partial charge in [-0.25, -0.2) is 8.42 Å². The van der Waals surface area contributed by atoms with Crippen molar-refractivity contribution >= 4 is 21.7 Å². The number of hydrogen-bond donors (Lipinski definition) is 1. The molecule has 0 atom stereocenters. The molecule has 2 fully saturated rings. The molecule has 1 aromatic rings. The van der Waals surface area contributed by atoms with Gasteiger partial charge in [-0.15, -0.1) is 0 Å². The summed E-state index contributed by atoms with van der Waals surface area (Å²) < 4.78 is 27.3. The molecule has 0 aromatic heterocycles. The fourth-order valence-electron chi connectivity index (χ4n) is 5.05. The molecule has 4 rings (SSSR count). The highest BCUT2D eigenvalue weighted by molar-refractivity contribution is 7.92. The van der Waals surface area contributed by atoms with E-state index in [1.165, 1.54) is 32.1 Å². The quantitative estimate of drug-likeness (QED) is 0.605. The predicted molar refractivity (Wildman–Crippen MR) is 114 cm³/mol. The zero-order valence-corrected chi connectivity index (χ0v) is 17.7.